The van der Waals surface area contributed by atoms with Crippen molar-refractivity contribution in [2.45, 2.75) is 31.5 Å². The highest BCUT2D eigenvalue weighted by molar-refractivity contribution is 6.31. The highest BCUT2D eigenvalue weighted by Gasteiger charge is 2.54. The van der Waals surface area contributed by atoms with Crippen LogP contribution in [0.4, 0.5) is 0 Å². The number of nitrogens with zero attached hydrogens (tertiary/aromatic N) is 2. The zero-order valence-electron chi connectivity index (χ0n) is 15.2. The number of nitrogens with one attached hydrogen (secondary N) is 1. The molecule has 0 aliphatic carbocycles. The molecular formula is C20H22ClN3O3. The molecule has 7 heteroatoms. The van der Waals surface area contributed by atoms with Crippen LogP contribution < -0.4 is 5.32 Å². The highest BCUT2D eigenvalue weighted by Crippen LogP contribution is 2.47. The van der Waals surface area contributed by atoms with Crippen LogP contribution in [0, 0.1) is 5.92 Å². The van der Waals surface area contributed by atoms with Gasteiger partial charge in [0.25, 0.3) is 0 Å². The number of carbonyl (C=O) groups is 2. The zero-order chi connectivity index (χ0) is 19.6. The summed E-state index contributed by atoms with van der Waals surface area (Å²) in [7, 11) is 1.73. The Labute approximate surface area is 163 Å². The Balaban J connectivity index is 1.89. The second-order valence-corrected chi connectivity index (χ2v) is 7.45. The van der Waals surface area contributed by atoms with E-state index < -0.39 is 23.5 Å². The number of hydrogen-bond acceptors (Lipinski definition) is 4. The maximum absolute atomic E-state index is 13.0. The molecule has 2 N–H and O–H groups in total. The van der Waals surface area contributed by atoms with Crippen LogP contribution in [-0.4, -0.2) is 39.5 Å². The molecule has 1 aromatic heterocycles. The largest absolute Gasteiger partial charge is 0.480 e. The standard InChI is InChI=1S/C20H22ClN3O3/c1-20(19(26)27)11-15(18(25)23-12-13-7-9-22-10-8-13)17(24(20)2)14-5-3-4-6-16(14)21/h3-10,15,17H,11-12H2,1-2H3,(H,23,25)(H,26,27)/t15-,17-,20-/m1/s1. The number of carboxylic acid groups (broad SMARTS) is 1. The fourth-order valence-electron chi connectivity index (χ4n) is 3.70. The molecule has 0 spiro atoms. The molecular weight excluding hydrogens is 366 g/mol. The number of halogens is 1. The highest BCUT2D eigenvalue weighted by atomic mass is 35.5. The molecule has 3 rings (SSSR count). The first-order valence-corrected chi connectivity index (χ1v) is 9.10. The van der Waals surface area contributed by atoms with Gasteiger partial charge >= 0.3 is 5.97 Å². The van der Waals surface area contributed by atoms with Crippen molar-refractivity contribution in [1.29, 1.82) is 0 Å². The van der Waals surface area contributed by atoms with E-state index in [1.807, 2.05) is 30.3 Å². The lowest BCUT2D eigenvalue weighted by Gasteiger charge is -2.32. The monoisotopic (exact) mass is 387 g/mol. The fourth-order valence-corrected chi connectivity index (χ4v) is 3.94. The average Bonchev–Trinajstić information content (AvgIpc) is 2.94. The van der Waals surface area contributed by atoms with Crippen molar-refractivity contribution >= 4 is 23.5 Å². The quantitative estimate of drug-likeness (QED) is 0.824. The molecule has 142 valence electrons. The third kappa shape index (κ3) is 3.68. The molecule has 0 saturated carbocycles. The van der Waals surface area contributed by atoms with Crippen LogP contribution >= 0.6 is 11.6 Å². The predicted molar refractivity (Wildman–Crippen MR) is 102 cm³/mol. The summed E-state index contributed by atoms with van der Waals surface area (Å²) in [5.74, 6) is -1.67. The molecule has 2 heterocycles. The van der Waals surface area contributed by atoms with Crippen LogP contribution in [0.15, 0.2) is 48.8 Å². The van der Waals surface area contributed by atoms with Crippen LogP contribution in [0.5, 0.6) is 0 Å². The number of likely N-dealkylation sites (N-methyl/N-ethyl adjacent to an activating group) is 1. The second-order valence-electron chi connectivity index (χ2n) is 7.04. The van der Waals surface area contributed by atoms with E-state index in [0.29, 0.717) is 11.6 Å². The van der Waals surface area contributed by atoms with Crippen molar-refractivity contribution in [3.63, 3.8) is 0 Å². The summed E-state index contributed by atoms with van der Waals surface area (Å²) >= 11 is 6.37. The Morgan fingerprint density at radius 3 is 2.59 bits per heavy atom. The predicted octanol–water partition coefficient (Wildman–Crippen LogP) is 2.89. The number of rotatable bonds is 5. The van der Waals surface area contributed by atoms with Crippen molar-refractivity contribution in [2.75, 3.05) is 7.05 Å². The van der Waals surface area contributed by atoms with Gasteiger partial charge in [-0.1, -0.05) is 29.8 Å². The van der Waals surface area contributed by atoms with Crippen molar-refractivity contribution in [3.05, 3.63) is 64.9 Å². The van der Waals surface area contributed by atoms with E-state index in [1.165, 1.54) is 0 Å². The van der Waals surface area contributed by atoms with Crippen LogP contribution in [0.1, 0.15) is 30.5 Å². The first-order valence-electron chi connectivity index (χ1n) is 8.72. The Morgan fingerprint density at radius 1 is 1.30 bits per heavy atom. The Bertz CT molecular complexity index is 845. The zero-order valence-corrected chi connectivity index (χ0v) is 16.0. The van der Waals surface area contributed by atoms with Crippen LogP contribution in [0.3, 0.4) is 0 Å². The smallest absolute Gasteiger partial charge is 0.323 e. The maximum atomic E-state index is 13.0. The first-order chi connectivity index (χ1) is 12.8. The topological polar surface area (TPSA) is 82.5 Å². The summed E-state index contributed by atoms with van der Waals surface area (Å²) in [5, 5.41) is 13.2. The fraction of sp³-hybridized carbons (Fsp3) is 0.350. The molecule has 27 heavy (non-hydrogen) atoms. The van der Waals surface area contributed by atoms with Crippen molar-refractivity contribution in [1.82, 2.24) is 15.2 Å². The van der Waals surface area contributed by atoms with Gasteiger partial charge in [-0.05, 0) is 49.7 Å². The Kier molecular flexibility index (Phi) is 5.48. The lowest BCUT2D eigenvalue weighted by atomic mass is 9.89. The molecule has 0 unspecified atom stereocenters. The number of carbonyl (C=O) groups excluding carboxylic acids is 1. The summed E-state index contributed by atoms with van der Waals surface area (Å²) in [4.78, 5) is 30.6. The molecule has 1 fully saturated rings. The third-order valence-electron chi connectivity index (χ3n) is 5.43. The number of carboxylic acids is 1. The van der Waals surface area contributed by atoms with E-state index in [-0.39, 0.29) is 12.3 Å². The number of likely N-dealkylation sites (tertiary alicyclic amines) is 1. The minimum atomic E-state index is -1.15. The van der Waals surface area contributed by atoms with Crippen LogP contribution in [0.2, 0.25) is 5.02 Å². The summed E-state index contributed by atoms with van der Waals surface area (Å²) in [6.45, 7) is 2.01. The number of benzene rings is 1. The van der Waals surface area contributed by atoms with Crippen molar-refractivity contribution in [2.24, 2.45) is 5.92 Å². The second kappa shape index (κ2) is 7.66. The number of aliphatic carboxylic acids is 1. The average molecular weight is 388 g/mol. The lowest BCUT2D eigenvalue weighted by Crippen LogP contribution is -2.46. The van der Waals surface area contributed by atoms with Gasteiger partial charge in [-0.15, -0.1) is 0 Å². The minimum Gasteiger partial charge on any atom is -0.480 e. The van der Waals surface area contributed by atoms with E-state index in [9.17, 15) is 14.7 Å². The number of hydrogen-bond donors (Lipinski definition) is 2. The van der Waals surface area contributed by atoms with Gasteiger partial charge in [-0.2, -0.15) is 0 Å². The molecule has 6 nitrogen and oxygen atoms in total. The molecule has 1 saturated heterocycles. The maximum Gasteiger partial charge on any atom is 0.323 e. The molecule has 0 bridgehead atoms. The molecule has 1 aromatic carbocycles. The molecule has 1 aliphatic rings. The van der Waals surface area contributed by atoms with E-state index in [1.54, 1.807) is 37.3 Å². The first kappa shape index (κ1) is 19.3. The summed E-state index contributed by atoms with van der Waals surface area (Å²) in [6, 6.07) is 10.5. The molecule has 1 aliphatic heterocycles. The van der Waals surface area contributed by atoms with Crippen molar-refractivity contribution in [3.8, 4) is 0 Å². The number of aromatic nitrogens is 1. The Hall–Kier alpha value is -2.44. The lowest BCUT2D eigenvalue weighted by molar-refractivity contribution is -0.148. The summed E-state index contributed by atoms with van der Waals surface area (Å²) in [5.41, 5.74) is 0.540. The van der Waals surface area contributed by atoms with E-state index in [4.69, 9.17) is 11.6 Å². The van der Waals surface area contributed by atoms with Crippen LogP contribution in [0.25, 0.3) is 0 Å². The van der Waals surface area contributed by atoms with Gasteiger partial charge in [0.1, 0.15) is 5.54 Å². The molecule has 2 aromatic rings. The molecule has 0 radical (unpaired) electrons. The summed E-state index contributed by atoms with van der Waals surface area (Å²) in [6.07, 6.45) is 3.54. The SMILES string of the molecule is CN1[C@H](c2ccccc2Cl)[C@H](C(=O)NCc2ccncc2)C[C@]1(C)C(=O)O. The van der Waals surface area contributed by atoms with Crippen molar-refractivity contribution < 1.29 is 14.7 Å². The van der Waals surface area contributed by atoms with Crippen LogP contribution in [-0.2, 0) is 16.1 Å². The number of amides is 1. The van der Waals surface area contributed by atoms with E-state index in [2.05, 4.69) is 10.3 Å². The van der Waals surface area contributed by atoms with Gasteiger partial charge in [-0.25, -0.2) is 0 Å². The molecule has 1 amide bonds. The van der Waals surface area contributed by atoms with Gasteiger partial charge in [-0.3, -0.25) is 19.5 Å². The third-order valence-corrected chi connectivity index (χ3v) is 5.78. The van der Waals surface area contributed by atoms with Gasteiger partial charge in [0, 0.05) is 30.0 Å². The number of pyridine rings is 1. The minimum absolute atomic E-state index is 0.187. The van der Waals surface area contributed by atoms with E-state index in [0.717, 1.165) is 11.1 Å². The van der Waals surface area contributed by atoms with Gasteiger partial charge in [0.05, 0.1) is 5.92 Å². The Morgan fingerprint density at radius 2 is 1.96 bits per heavy atom. The van der Waals surface area contributed by atoms with E-state index >= 15 is 0 Å². The summed E-state index contributed by atoms with van der Waals surface area (Å²) < 4.78 is 0. The van der Waals surface area contributed by atoms with Gasteiger partial charge in [0.15, 0.2) is 0 Å². The molecule has 3 atom stereocenters. The normalized spacial score (nSPS) is 25.3. The van der Waals surface area contributed by atoms with Gasteiger partial charge in [0.2, 0.25) is 5.91 Å². The van der Waals surface area contributed by atoms with Gasteiger partial charge < -0.3 is 10.4 Å².